The van der Waals surface area contributed by atoms with Crippen molar-refractivity contribution in [2.24, 2.45) is 5.73 Å². The van der Waals surface area contributed by atoms with Crippen molar-refractivity contribution in [3.63, 3.8) is 0 Å². The Labute approximate surface area is 142 Å². The first-order valence-electron chi connectivity index (χ1n) is 8.15. The molecule has 1 aliphatic carbocycles. The third-order valence-corrected chi connectivity index (χ3v) is 6.52. The molecule has 1 aliphatic heterocycles. The standard InChI is InChI=1S/C16H23N3O4S/c1-23-13-6-5-12(18-15(20)16(17)7-8-16)11-14(13)24(21,22)19-9-3-2-4-10-19/h5-6,11H,2-4,7-10,17H2,1H3,(H,18,20). The maximum absolute atomic E-state index is 12.9. The summed E-state index contributed by atoms with van der Waals surface area (Å²) in [5, 5.41) is 2.71. The molecule has 0 aromatic heterocycles. The smallest absolute Gasteiger partial charge is 0.246 e. The van der Waals surface area contributed by atoms with Crippen LogP contribution in [0.4, 0.5) is 5.69 Å². The molecule has 24 heavy (non-hydrogen) atoms. The second-order valence-corrected chi connectivity index (χ2v) is 8.35. The van der Waals surface area contributed by atoms with Crippen molar-refractivity contribution in [1.82, 2.24) is 4.31 Å². The van der Waals surface area contributed by atoms with Crippen molar-refractivity contribution >= 4 is 21.6 Å². The number of carbonyl (C=O) groups excluding carboxylic acids is 1. The van der Waals surface area contributed by atoms with Gasteiger partial charge in [-0.2, -0.15) is 4.31 Å². The number of anilines is 1. The summed E-state index contributed by atoms with van der Waals surface area (Å²) in [7, 11) is -2.22. The summed E-state index contributed by atoms with van der Waals surface area (Å²) in [4.78, 5) is 12.2. The van der Waals surface area contributed by atoms with E-state index in [4.69, 9.17) is 10.5 Å². The molecule has 2 fully saturated rings. The van der Waals surface area contributed by atoms with Crippen molar-refractivity contribution in [3.05, 3.63) is 18.2 Å². The molecule has 1 aromatic rings. The Balaban J connectivity index is 1.90. The van der Waals surface area contributed by atoms with Gasteiger partial charge in [-0.1, -0.05) is 6.42 Å². The first kappa shape index (κ1) is 17.2. The van der Waals surface area contributed by atoms with Gasteiger partial charge >= 0.3 is 0 Å². The number of benzene rings is 1. The SMILES string of the molecule is COc1ccc(NC(=O)C2(N)CC2)cc1S(=O)(=O)N1CCCCC1. The van der Waals surface area contributed by atoms with Gasteiger partial charge in [0.15, 0.2) is 0 Å². The van der Waals surface area contributed by atoms with Gasteiger partial charge in [-0.05, 0) is 43.9 Å². The van der Waals surface area contributed by atoms with E-state index in [9.17, 15) is 13.2 Å². The van der Waals surface area contributed by atoms with Crippen LogP contribution in [0.3, 0.4) is 0 Å². The first-order valence-corrected chi connectivity index (χ1v) is 9.59. The second kappa shape index (κ2) is 6.34. The molecule has 7 nitrogen and oxygen atoms in total. The monoisotopic (exact) mass is 353 g/mol. The van der Waals surface area contributed by atoms with Crippen molar-refractivity contribution in [2.45, 2.75) is 42.5 Å². The van der Waals surface area contributed by atoms with Crippen LogP contribution in [0.2, 0.25) is 0 Å². The van der Waals surface area contributed by atoms with Crippen molar-refractivity contribution in [2.75, 3.05) is 25.5 Å². The lowest BCUT2D eigenvalue weighted by Crippen LogP contribution is -2.38. The van der Waals surface area contributed by atoms with Crippen LogP contribution in [0, 0.1) is 0 Å². The molecule has 132 valence electrons. The summed E-state index contributed by atoms with van der Waals surface area (Å²) < 4.78 is 32.5. The second-order valence-electron chi connectivity index (χ2n) is 6.44. The van der Waals surface area contributed by atoms with Gasteiger partial charge in [0.05, 0.1) is 12.6 Å². The van der Waals surface area contributed by atoms with Gasteiger partial charge in [-0.25, -0.2) is 8.42 Å². The molecule has 3 N–H and O–H groups in total. The van der Waals surface area contributed by atoms with Gasteiger partial charge < -0.3 is 15.8 Å². The van der Waals surface area contributed by atoms with Crippen LogP contribution < -0.4 is 15.8 Å². The third kappa shape index (κ3) is 3.26. The van der Waals surface area contributed by atoms with Gasteiger partial charge in [0.25, 0.3) is 0 Å². The molecule has 3 rings (SSSR count). The van der Waals surface area contributed by atoms with Crippen LogP contribution >= 0.6 is 0 Å². The van der Waals surface area contributed by atoms with E-state index >= 15 is 0 Å². The maximum atomic E-state index is 12.9. The minimum absolute atomic E-state index is 0.0755. The molecular formula is C16H23N3O4S. The number of methoxy groups -OCH3 is 1. The number of hydrogen-bond donors (Lipinski definition) is 2. The number of nitrogens with one attached hydrogen (secondary N) is 1. The fourth-order valence-corrected chi connectivity index (χ4v) is 4.52. The van der Waals surface area contributed by atoms with E-state index in [0.29, 0.717) is 31.6 Å². The topological polar surface area (TPSA) is 102 Å². The highest BCUT2D eigenvalue weighted by Crippen LogP contribution is 2.35. The summed E-state index contributed by atoms with van der Waals surface area (Å²) in [5.74, 6) is -0.0126. The van der Waals surface area contributed by atoms with E-state index in [1.54, 1.807) is 12.1 Å². The van der Waals surface area contributed by atoms with Gasteiger partial charge in [0, 0.05) is 18.8 Å². The summed E-state index contributed by atoms with van der Waals surface area (Å²) in [6.45, 7) is 1.02. The molecule has 1 saturated heterocycles. The van der Waals surface area contributed by atoms with Gasteiger partial charge in [-0.3, -0.25) is 4.79 Å². The molecule has 8 heteroatoms. The summed E-state index contributed by atoms with van der Waals surface area (Å²) >= 11 is 0. The summed E-state index contributed by atoms with van der Waals surface area (Å²) in [6, 6.07) is 4.63. The fraction of sp³-hybridized carbons (Fsp3) is 0.562. The molecule has 0 bridgehead atoms. The Morgan fingerprint density at radius 1 is 1.25 bits per heavy atom. The quantitative estimate of drug-likeness (QED) is 0.831. The average molecular weight is 353 g/mol. The lowest BCUT2D eigenvalue weighted by Gasteiger charge is -2.26. The zero-order valence-electron chi connectivity index (χ0n) is 13.7. The number of ether oxygens (including phenoxy) is 1. The predicted molar refractivity (Wildman–Crippen MR) is 90.4 cm³/mol. The van der Waals surface area contributed by atoms with E-state index in [-0.39, 0.29) is 16.6 Å². The highest BCUT2D eigenvalue weighted by Gasteiger charge is 2.46. The number of carbonyl (C=O) groups is 1. The van der Waals surface area contributed by atoms with E-state index in [1.165, 1.54) is 17.5 Å². The Bertz CT molecular complexity index is 738. The molecule has 0 spiro atoms. The normalized spacial score (nSPS) is 20.4. The molecule has 0 unspecified atom stereocenters. The maximum Gasteiger partial charge on any atom is 0.246 e. The van der Waals surface area contributed by atoms with Crippen LogP contribution in [0.1, 0.15) is 32.1 Å². The van der Waals surface area contributed by atoms with E-state index in [0.717, 1.165) is 19.3 Å². The lowest BCUT2D eigenvalue weighted by molar-refractivity contribution is -0.118. The largest absolute Gasteiger partial charge is 0.495 e. The molecule has 1 heterocycles. The summed E-state index contributed by atoms with van der Waals surface area (Å²) in [6.07, 6.45) is 4.04. The zero-order valence-corrected chi connectivity index (χ0v) is 14.6. The predicted octanol–water partition coefficient (Wildman–Crippen LogP) is 1.30. The van der Waals surface area contributed by atoms with Crippen LogP contribution in [0.15, 0.2) is 23.1 Å². The molecule has 1 aromatic carbocycles. The Kier molecular flexibility index (Phi) is 4.54. The van der Waals surface area contributed by atoms with Gasteiger partial charge in [0.1, 0.15) is 10.6 Å². The lowest BCUT2D eigenvalue weighted by atomic mass is 10.2. The number of hydrogen-bond acceptors (Lipinski definition) is 5. The van der Waals surface area contributed by atoms with Crippen LogP contribution in [-0.2, 0) is 14.8 Å². The number of sulfonamides is 1. The number of amides is 1. The first-order chi connectivity index (χ1) is 11.4. The van der Waals surface area contributed by atoms with Gasteiger partial charge in [0.2, 0.25) is 15.9 Å². The number of piperidine rings is 1. The van der Waals surface area contributed by atoms with Crippen LogP contribution in [-0.4, -0.2) is 44.4 Å². The zero-order chi connectivity index (χ0) is 17.4. The Morgan fingerprint density at radius 3 is 2.50 bits per heavy atom. The number of nitrogens with two attached hydrogens (primary N) is 1. The molecular weight excluding hydrogens is 330 g/mol. The highest BCUT2D eigenvalue weighted by molar-refractivity contribution is 7.89. The molecule has 2 aliphatic rings. The third-order valence-electron chi connectivity index (χ3n) is 4.60. The molecule has 0 atom stereocenters. The number of nitrogens with zero attached hydrogens (tertiary/aromatic N) is 1. The Hall–Kier alpha value is -1.64. The molecule has 1 amide bonds. The van der Waals surface area contributed by atoms with Crippen molar-refractivity contribution in [1.29, 1.82) is 0 Å². The van der Waals surface area contributed by atoms with Crippen molar-refractivity contribution < 1.29 is 17.9 Å². The highest BCUT2D eigenvalue weighted by atomic mass is 32.2. The Morgan fingerprint density at radius 2 is 1.92 bits per heavy atom. The van der Waals surface area contributed by atoms with E-state index in [2.05, 4.69) is 5.32 Å². The fourth-order valence-electron chi connectivity index (χ4n) is 2.82. The molecule has 1 saturated carbocycles. The minimum atomic E-state index is -3.66. The molecule has 0 radical (unpaired) electrons. The van der Waals surface area contributed by atoms with E-state index in [1.807, 2.05) is 0 Å². The van der Waals surface area contributed by atoms with Crippen LogP contribution in [0.5, 0.6) is 5.75 Å². The van der Waals surface area contributed by atoms with E-state index < -0.39 is 15.6 Å². The van der Waals surface area contributed by atoms with Crippen molar-refractivity contribution in [3.8, 4) is 5.75 Å². The number of rotatable bonds is 5. The van der Waals surface area contributed by atoms with Crippen LogP contribution in [0.25, 0.3) is 0 Å². The summed E-state index contributed by atoms with van der Waals surface area (Å²) in [5.41, 5.74) is 5.47. The minimum Gasteiger partial charge on any atom is -0.495 e. The average Bonchev–Trinajstić information content (AvgIpc) is 3.34. The van der Waals surface area contributed by atoms with Gasteiger partial charge in [-0.15, -0.1) is 0 Å².